The summed E-state index contributed by atoms with van der Waals surface area (Å²) in [5, 5.41) is 17.9. The standard InChI is InChI=1S/C29H29N3O3/c1-2-3-9-18-32-28(21-14-16-22(17-15-21)35-19-20-10-5-4-6-11-20)25-26(30-31-27(25)29(32)34)23-12-7-8-13-24(23)33/h4-8,10-17,28,33H,2-3,9,18-19H2,1H3,(H,30,31). The van der Waals surface area contributed by atoms with Gasteiger partial charge >= 0.3 is 0 Å². The van der Waals surface area contributed by atoms with Crippen LogP contribution >= 0.6 is 0 Å². The van der Waals surface area contributed by atoms with Crippen LogP contribution in [0.1, 0.15) is 59.4 Å². The zero-order chi connectivity index (χ0) is 24.2. The molecule has 5 rings (SSSR count). The average Bonchev–Trinajstić information content (AvgIpc) is 3.43. The Hall–Kier alpha value is -4.06. The van der Waals surface area contributed by atoms with Gasteiger partial charge in [-0.3, -0.25) is 9.89 Å². The number of ether oxygens (including phenoxy) is 1. The van der Waals surface area contributed by atoms with Gasteiger partial charge in [0.15, 0.2) is 0 Å². The number of amides is 1. The third-order valence-electron chi connectivity index (χ3n) is 6.47. The Balaban J connectivity index is 1.47. The molecular weight excluding hydrogens is 438 g/mol. The molecular formula is C29H29N3O3. The number of hydrogen-bond donors (Lipinski definition) is 2. The van der Waals surface area contributed by atoms with Crippen molar-refractivity contribution in [2.75, 3.05) is 6.54 Å². The lowest BCUT2D eigenvalue weighted by Gasteiger charge is -2.26. The Morgan fingerprint density at radius 3 is 2.46 bits per heavy atom. The highest BCUT2D eigenvalue weighted by atomic mass is 16.5. The smallest absolute Gasteiger partial charge is 0.273 e. The minimum Gasteiger partial charge on any atom is -0.507 e. The summed E-state index contributed by atoms with van der Waals surface area (Å²) in [6, 6.07) is 24.8. The SMILES string of the molecule is CCCCCN1C(=O)c2[nH]nc(-c3ccccc3O)c2C1c1ccc(OCc2ccccc2)cc1. The van der Waals surface area contributed by atoms with Crippen LogP contribution < -0.4 is 4.74 Å². The number of aromatic nitrogens is 2. The van der Waals surface area contributed by atoms with E-state index in [0.717, 1.165) is 41.7 Å². The molecule has 178 valence electrons. The van der Waals surface area contributed by atoms with Crippen molar-refractivity contribution >= 4 is 5.91 Å². The molecule has 1 aliphatic heterocycles. The summed E-state index contributed by atoms with van der Waals surface area (Å²) in [4.78, 5) is 15.3. The summed E-state index contributed by atoms with van der Waals surface area (Å²) in [5.74, 6) is 0.856. The fourth-order valence-corrected chi connectivity index (χ4v) is 4.67. The largest absolute Gasteiger partial charge is 0.507 e. The van der Waals surface area contributed by atoms with E-state index >= 15 is 0 Å². The number of carbonyl (C=O) groups is 1. The van der Waals surface area contributed by atoms with Gasteiger partial charge in [0.2, 0.25) is 0 Å². The van der Waals surface area contributed by atoms with Crippen LogP contribution in [0.3, 0.4) is 0 Å². The predicted octanol–water partition coefficient (Wildman–Crippen LogP) is 6.10. The van der Waals surface area contributed by atoms with Crippen LogP contribution in [0.5, 0.6) is 11.5 Å². The highest BCUT2D eigenvalue weighted by Crippen LogP contribution is 2.44. The maximum Gasteiger partial charge on any atom is 0.273 e. The highest BCUT2D eigenvalue weighted by molar-refractivity contribution is 6.00. The number of fused-ring (bicyclic) bond motifs is 1. The molecule has 1 atom stereocenters. The molecule has 2 heterocycles. The van der Waals surface area contributed by atoms with E-state index in [2.05, 4.69) is 17.1 Å². The second kappa shape index (κ2) is 10.1. The number of para-hydroxylation sites is 1. The Morgan fingerprint density at radius 2 is 1.71 bits per heavy atom. The zero-order valence-corrected chi connectivity index (χ0v) is 19.8. The summed E-state index contributed by atoms with van der Waals surface area (Å²) >= 11 is 0. The molecule has 0 saturated heterocycles. The first-order chi connectivity index (χ1) is 17.2. The molecule has 1 amide bonds. The van der Waals surface area contributed by atoms with Crippen LogP contribution in [0.15, 0.2) is 78.9 Å². The summed E-state index contributed by atoms with van der Waals surface area (Å²) in [6.07, 6.45) is 3.07. The molecule has 3 aromatic carbocycles. The maximum absolute atomic E-state index is 13.4. The minimum atomic E-state index is -0.286. The van der Waals surface area contributed by atoms with Gasteiger partial charge in [0, 0.05) is 17.7 Å². The first kappa shape index (κ1) is 22.7. The van der Waals surface area contributed by atoms with Gasteiger partial charge in [0.1, 0.15) is 29.5 Å². The lowest BCUT2D eigenvalue weighted by Crippen LogP contribution is -2.30. The third-order valence-corrected chi connectivity index (χ3v) is 6.47. The Morgan fingerprint density at radius 1 is 0.971 bits per heavy atom. The number of aromatic amines is 1. The fraction of sp³-hybridized carbons (Fsp3) is 0.241. The van der Waals surface area contributed by atoms with E-state index in [9.17, 15) is 9.90 Å². The van der Waals surface area contributed by atoms with Gasteiger partial charge < -0.3 is 14.7 Å². The number of nitrogens with one attached hydrogen (secondary N) is 1. The average molecular weight is 468 g/mol. The van der Waals surface area contributed by atoms with Crippen molar-refractivity contribution in [2.24, 2.45) is 0 Å². The van der Waals surface area contributed by atoms with Crippen molar-refractivity contribution < 1.29 is 14.6 Å². The summed E-state index contributed by atoms with van der Waals surface area (Å²) in [7, 11) is 0. The lowest BCUT2D eigenvalue weighted by molar-refractivity contribution is 0.0740. The Kier molecular flexibility index (Phi) is 6.53. The van der Waals surface area contributed by atoms with Gasteiger partial charge in [-0.1, -0.05) is 74.4 Å². The van der Waals surface area contributed by atoms with E-state index in [4.69, 9.17) is 4.74 Å². The van der Waals surface area contributed by atoms with E-state index in [1.54, 1.807) is 12.1 Å². The van der Waals surface area contributed by atoms with Gasteiger partial charge in [-0.2, -0.15) is 5.10 Å². The molecule has 1 aliphatic rings. The second-order valence-electron chi connectivity index (χ2n) is 8.83. The van der Waals surface area contributed by atoms with Gasteiger partial charge in [0.05, 0.1) is 6.04 Å². The van der Waals surface area contributed by atoms with Crippen molar-refractivity contribution in [3.63, 3.8) is 0 Å². The number of H-pyrrole nitrogens is 1. The Bertz CT molecular complexity index is 1300. The molecule has 2 N–H and O–H groups in total. The van der Waals surface area contributed by atoms with Crippen LogP contribution in [0.4, 0.5) is 0 Å². The molecule has 1 unspecified atom stereocenters. The zero-order valence-electron chi connectivity index (χ0n) is 19.8. The molecule has 0 fully saturated rings. The van der Waals surface area contributed by atoms with E-state index < -0.39 is 0 Å². The summed E-state index contributed by atoms with van der Waals surface area (Å²) in [6.45, 7) is 3.31. The molecule has 1 aromatic heterocycles. The van der Waals surface area contributed by atoms with Gasteiger partial charge in [-0.05, 0) is 41.8 Å². The number of hydrogen-bond acceptors (Lipinski definition) is 4. The van der Waals surface area contributed by atoms with Gasteiger partial charge in [-0.25, -0.2) is 0 Å². The van der Waals surface area contributed by atoms with E-state index in [-0.39, 0.29) is 17.7 Å². The van der Waals surface area contributed by atoms with Crippen LogP contribution in [0, 0.1) is 0 Å². The van der Waals surface area contributed by atoms with Crippen LogP contribution in [-0.4, -0.2) is 32.7 Å². The second-order valence-corrected chi connectivity index (χ2v) is 8.83. The van der Waals surface area contributed by atoms with Crippen LogP contribution in [0.2, 0.25) is 0 Å². The number of rotatable bonds is 9. The molecule has 0 radical (unpaired) electrons. The highest BCUT2D eigenvalue weighted by Gasteiger charge is 2.42. The number of benzene rings is 3. The maximum atomic E-state index is 13.4. The lowest BCUT2D eigenvalue weighted by atomic mass is 9.95. The number of carbonyl (C=O) groups excluding carboxylic acids is 1. The quantitative estimate of drug-likeness (QED) is 0.292. The molecule has 0 saturated carbocycles. The molecule has 6 nitrogen and oxygen atoms in total. The minimum absolute atomic E-state index is 0.0559. The summed E-state index contributed by atoms with van der Waals surface area (Å²) in [5.41, 5.74) is 4.62. The monoisotopic (exact) mass is 467 g/mol. The van der Waals surface area contributed by atoms with E-state index in [1.165, 1.54) is 0 Å². The number of phenolic OH excluding ortho intramolecular Hbond substituents is 1. The van der Waals surface area contributed by atoms with Gasteiger partial charge in [-0.15, -0.1) is 0 Å². The van der Waals surface area contributed by atoms with Crippen molar-refractivity contribution in [3.8, 4) is 22.8 Å². The number of aromatic hydroxyl groups is 1. The number of unbranched alkanes of at least 4 members (excludes halogenated alkanes) is 2. The number of nitrogens with zero attached hydrogens (tertiary/aromatic N) is 2. The topological polar surface area (TPSA) is 78.5 Å². The molecule has 35 heavy (non-hydrogen) atoms. The first-order valence-electron chi connectivity index (χ1n) is 12.1. The third kappa shape index (κ3) is 4.52. The molecule has 0 bridgehead atoms. The van der Waals surface area contributed by atoms with Crippen molar-refractivity contribution in [3.05, 3.63) is 101 Å². The molecule has 0 aliphatic carbocycles. The van der Waals surface area contributed by atoms with Crippen LogP contribution in [0.25, 0.3) is 11.3 Å². The van der Waals surface area contributed by atoms with Crippen LogP contribution in [-0.2, 0) is 6.61 Å². The van der Waals surface area contributed by atoms with Crippen molar-refractivity contribution in [1.82, 2.24) is 15.1 Å². The molecule has 0 spiro atoms. The van der Waals surface area contributed by atoms with Gasteiger partial charge in [0.25, 0.3) is 5.91 Å². The van der Waals surface area contributed by atoms with Crippen molar-refractivity contribution in [2.45, 2.75) is 38.8 Å². The normalized spacial score (nSPS) is 14.8. The van der Waals surface area contributed by atoms with E-state index in [0.29, 0.717) is 30.1 Å². The predicted molar refractivity (Wildman–Crippen MR) is 135 cm³/mol. The molecule has 4 aromatic rings. The fourth-order valence-electron chi connectivity index (χ4n) is 4.67. The summed E-state index contributed by atoms with van der Waals surface area (Å²) < 4.78 is 5.97. The first-order valence-corrected chi connectivity index (χ1v) is 12.1. The van der Waals surface area contributed by atoms with Crippen molar-refractivity contribution in [1.29, 1.82) is 0 Å². The number of phenols is 1. The molecule has 6 heteroatoms. The van der Waals surface area contributed by atoms with E-state index in [1.807, 2.05) is 71.6 Å². The Labute approximate surface area is 205 Å².